The minimum Gasteiger partial charge on any atom is -0.344 e. The first-order valence-electron chi connectivity index (χ1n) is 4.36. The van der Waals surface area contributed by atoms with Gasteiger partial charge in [0.1, 0.15) is 0 Å². The molecule has 78 valence electrons. The Morgan fingerprint density at radius 2 is 2.07 bits per heavy atom. The zero-order chi connectivity index (χ0) is 10.7. The van der Waals surface area contributed by atoms with Crippen molar-refractivity contribution in [2.24, 2.45) is 0 Å². The minimum absolute atomic E-state index is 0.749. The van der Waals surface area contributed by atoms with Crippen LogP contribution in [0.2, 0.25) is 5.02 Å². The summed E-state index contributed by atoms with van der Waals surface area (Å²) >= 11 is 7.08. The van der Waals surface area contributed by atoms with Crippen LogP contribution in [-0.4, -0.2) is 21.8 Å². The maximum Gasteiger partial charge on any atom is 0.227 e. The van der Waals surface area contributed by atoms with Gasteiger partial charge in [0.05, 0.1) is 0 Å². The van der Waals surface area contributed by atoms with E-state index >= 15 is 0 Å². The van der Waals surface area contributed by atoms with E-state index in [0.29, 0.717) is 0 Å². The van der Waals surface area contributed by atoms with E-state index in [1.807, 2.05) is 36.2 Å². The molecule has 15 heavy (non-hydrogen) atoms. The third kappa shape index (κ3) is 2.64. The predicted octanol–water partition coefficient (Wildman–Crippen LogP) is 2.22. The number of aromatic nitrogens is 3. The second-order valence-corrected chi connectivity index (χ2v) is 4.27. The molecule has 0 aliphatic rings. The molecule has 0 radical (unpaired) electrons. The lowest BCUT2D eigenvalue weighted by Gasteiger charge is -2.14. The molecule has 1 aromatic carbocycles. The van der Waals surface area contributed by atoms with Crippen molar-refractivity contribution in [2.45, 2.75) is 6.54 Å². The van der Waals surface area contributed by atoms with Crippen molar-refractivity contribution in [1.82, 2.24) is 14.8 Å². The van der Waals surface area contributed by atoms with E-state index in [0.717, 1.165) is 16.7 Å². The fourth-order valence-electron chi connectivity index (χ4n) is 1.21. The highest BCUT2D eigenvalue weighted by atomic mass is 35.5. The van der Waals surface area contributed by atoms with Crippen LogP contribution in [0.5, 0.6) is 0 Å². The summed E-state index contributed by atoms with van der Waals surface area (Å²) in [6.07, 6.45) is 0. The summed E-state index contributed by atoms with van der Waals surface area (Å²) in [6.45, 7) is 0.772. The quantitative estimate of drug-likeness (QED) is 0.825. The molecule has 0 aliphatic carbocycles. The van der Waals surface area contributed by atoms with Crippen LogP contribution in [0, 0.1) is 0 Å². The zero-order valence-electron chi connectivity index (χ0n) is 8.09. The lowest BCUT2D eigenvalue weighted by atomic mass is 10.2. The zero-order valence-corrected chi connectivity index (χ0v) is 9.66. The average Bonchev–Trinajstić information content (AvgIpc) is 2.74. The molecule has 6 heteroatoms. The molecular weight excluding hydrogens is 232 g/mol. The Bertz CT molecular complexity index is 414. The van der Waals surface area contributed by atoms with Crippen molar-refractivity contribution < 1.29 is 0 Å². The van der Waals surface area contributed by atoms with Gasteiger partial charge in [-0.2, -0.15) is 0 Å². The van der Waals surface area contributed by atoms with Gasteiger partial charge in [-0.3, -0.25) is 0 Å². The predicted molar refractivity (Wildman–Crippen MR) is 61.3 cm³/mol. The van der Waals surface area contributed by atoms with Crippen molar-refractivity contribution in [3.63, 3.8) is 0 Å². The Kier molecular flexibility index (Phi) is 3.13. The van der Waals surface area contributed by atoms with E-state index in [2.05, 4.69) is 14.8 Å². The summed E-state index contributed by atoms with van der Waals surface area (Å²) in [5.74, 6) is 0. The van der Waals surface area contributed by atoms with E-state index in [1.165, 1.54) is 17.1 Å². The van der Waals surface area contributed by atoms with Crippen LogP contribution in [0.3, 0.4) is 0 Å². The van der Waals surface area contributed by atoms with E-state index in [1.54, 1.807) is 0 Å². The summed E-state index contributed by atoms with van der Waals surface area (Å²) in [5.41, 5.74) is 1.18. The number of nitrogens with zero attached hydrogens (tertiary/aromatic N) is 4. The monoisotopic (exact) mass is 240 g/mol. The fourth-order valence-corrected chi connectivity index (χ4v) is 1.76. The fraction of sp³-hybridized carbons (Fsp3) is 0.222. The normalized spacial score (nSPS) is 10.3. The number of hydrogen-bond acceptors (Lipinski definition) is 5. The molecule has 0 saturated carbocycles. The second kappa shape index (κ2) is 4.55. The summed E-state index contributed by atoms with van der Waals surface area (Å²) in [5, 5.41) is 9.00. The van der Waals surface area contributed by atoms with Gasteiger partial charge in [-0.15, -0.1) is 0 Å². The van der Waals surface area contributed by atoms with Gasteiger partial charge in [0.2, 0.25) is 5.13 Å². The van der Waals surface area contributed by atoms with Crippen LogP contribution in [0.4, 0.5) is 5.13 Å². The molecule has 0 spiro atoms. The van der Waals surface area contributed by atoms with Crippen molar-refractivity contribution in [2.75, 3.05) is 11.9 Å². The minimum atomic E-state index is 0.749. The Balaban J connectivity index is 2.06. The van der Waals surface area contributed by atoms with Crippen molar-refractivity contribution in [1.29, 1.82) is 0 Å². The van der Waals surface area contributed by atoms with Crippen LogP contribution in [0.15, 0.2) is 24.3 Å². The maximum atomic E-state index is 5.80. The highest BCUT2D eigenvalue weighted by Crippen LogP contribution is 2.16. The van der Waals surface area contributed by atoms with Crippen molar-refractivity contribution in [3.8, 4) is 0 Å². The summed E-state index contributed by atoms with van der Waals surface area (Å²) in [7, 11) is 1.96. The van der Waals surface area contributed by atoms with Gasteiger partial charge in [-0.1, -0.05) is 33.3 Å². The highest BCUT2D eigenvalue weighted by Gasteiger charge is 2.05. The number of rotatable bonds is 3. The van der Waals surface area contributed by atoms with Crippen LogP contribution in [0.1, 0.15) is 5.56 Å². The number of anilines is 1. The first kappa shape index (κ1) is 10.3. The topological polar surface area (TPSA) is 41.9 Å². The second-order valence-electron chi connectivity index (χ2n) is 3.13. The number of halogens is 1. The lowest BCUT2D eigenvalue weighted by Crippen LogP contribution is -2.15. The van der Waals surface area contributed by atoms with Gasteiger partial charge < -0.3 is 4.90 Å². The van der Waals surface area contributed by atoms with E-state index in [9.17, 15) is 0 Å². The standard InChI is InChI=1S/C9H9ClN4S/c1-14(9-11-12-13-15-9)6-7-2-4-8(10)5-3-7/h2-5H,6H2,1H3. The number of benzene rings is 1. The molecule has 1 heterocycles. The van der Waals surface area contributed by atoms with Crippen molar-refractivity contribution >= 4 is 28.3 Å². The van der Waals surface area contributed by atoms with Gasteiger partial charge in [0, 0.05) is 30.1 Å². The largest absolute Gasteiger partial charge is 0.344 e. The summed E-state index contributed by atoms with van der Waals surface area (Å²) in [6, 6.07) is 7.74. The third-order valence-electron chi connectivity index (χ3n) is 1.95. The average molecular weight is 241 g/mol. The Labute approximate surface area is 96.7 Å². The molecular formula is C9H9ClN4S. The lowest BCUT2D eigenvalue weighted by molar-refractivity contribution is 0.874. The Morgan fingerprint density at radius 3 is 2.67 bits per heavy atom. The van der Waals surface area contributed by atoms with Crippen LogP contribution >= 0.6 is 23.1 Å². The molecule has 0 atom stereocenters. The highest BCUT2D eigenvalue weighted by molar-refractivity contribution is 7.09. The summed E-state index contributed by atoms with van der Waals surface area (Å²) in [4.78, 5) is 1.99. The number of hydrogen-bond donors (Lipinski definition) is 0. The van der Waals surface area contributed by atoms with E-state index < -0.39 is 0 Å². The van der Waals surface area contributed by atoms with E-state index in [4.69, 9.17) is 11.6 Å². The molecule has 2 rings (SSSR count). The van der Waals surface area contributed by atoms with Crippen LogP contribution in [0.25, 0.3) is 0 Å². The Morgan fingerprint density at radius 1 is 1.33 bits per heavy atom. The third-order valence-corrected chi connectivity index (χ3v) is 2.91. The molecule has 2 aromatic rings. The molecule has 0 amide bonds. The maximum absolute atomic E-state index is 5.80. The first-order chi connectivity index (χ1) is 7.25. The van der Waals surface area contributed by atoms with Gasteiger partial charge in [0.25, 0.3) is 0 Å². The van der Waals surface area contributed by atoms with E-state index in [-0.39, 0.29) is 0 Å². The van der Waals surface area contributed by atoms with Gasteiger partial charge in [0.15, 0.2) is 0 Å². The molecule has 0 aliphatic heterocycles. The van der Waals surface area contributed by atoms with Gasteiger partial charge in [-0.05, 0) is 22.9 Å². The van der Waals surface area contributed by atoms with Crippen LogP contribution < -0.4 is 4.90 Å². The molecule has 0 fully saturated rings. The SMILES string of the molecule is CN(Cc1ccc(Cl)cc1)c1nnns1. The molecule has 1 aromatic heterocycles. The van der Waals surface area contributed by atoms with Gasteiger partial charge >= 0.3 is 0 Å². The first-order valence-corrected chi connectivity index (χ1v) is 5.51. The molecule has 0 bridgehead atoms. The summed E-state index contributed by atoms with van der Waals surface area (Å²) < 4.78 is 3.72. The molecule has 0 N–H and O–H groups in total. The van der Waals surface area contributed by atoms with Crippen molar-refractivity contribution in [3.05, 3.63) is 34.9 Å². The van der Waals surface area contributed by atoms with Gasteiger partial charge in [-0.25, -0.2) is 0 Å². The van der Waals surface area contributed by atoms with Crippen LogP contribution in [-0.2, 0) is 6.54 Å². The Hall–Kier alpha value is -1.20. The molecule has 0 saturated heterocycles. The molecule has 4 nitrogen and oxygen atoms in total. The molecule has 0 unspecified atom stereocenters. The smallest absolute Gasteiger partial charge is 0.227 e.